The first-order chi connectivity index (χ1) is 16.5. The van der Waals surface area contributed by atoms with Crippen LogP contribution in [0.1, 0.15) is 19.4 Å². The molecule has 0 aliphatic heterocycles. The van der Waals surface area contributed by atoms with Gasteiger partial charge in [0.2, 0.25) is 0 Å². The zero-order valence-corrected chi connectivity index (χ0v) is 18.9. The smallest absolute Gasteiger partial charge is 0.165 e. The summed E-state index contributed by atoms with van der Waals surface area (Å²) in [6.45, 7) is 3.92. The predicted molar refractivity (Wildman–Crippen MR) is 131 cm³/mol. The number of ether oxygens (including phenoxy) is 1. The number of imidazole rings is 1. The number of hydrogen-bond donors (Lipinski definition) is 2. The summed E-state index contributed by atoms with van der Waals surface area (Å²) >= 11 is 0. The van der Waals surface area contributed by atoms with Crippen LogP contribution in [0.5, 0.6) is 5.75 Å². The molecule has 0 atom stereocenters. The normalized spacial score (nSPS) is 11.3. The largest absolute Gasteiger partial charge is 0.489 e. The molecule has 0 aliphatic rings. The molecule has 0 aliphatic carbocycles. The molecule has 8 heteroatoms. The quantitative estimate of drug-likeness (QED) is 0.392. The molecule has 170 valence electrons. The van der Waals surface area contributed by atoms with E-state index in [2.05, 4.69) is 9.97 Å². The number of pyridine rings is 3. The van der Waals surface area contributed by atoms with Gasteiger partial charge in [-0.3, -0.25) is 9.55 Å². The third-order valence-corrected chi connectivity index (χ3v) is 5.33. The van der Waals surface area contributed by atoms with Crippen LogP contribution in [0.25, 0.3) is 39.6 Å². The highest BCUT2D eigenvalue weighted by atomic mass is 16.5. The molecule has 0 radical (unpaired) electrons. The van der Waals surface area contributed by atoms with Crippen molar-refractivity contribution in [2.75, 3.05) is 5.73 Å². The van der Waals surface area contributed by atoms with Crippen molar-refractivity contribution in [1.29, 1.82) is 0 Å². The van der Waals surface area contributed by atoms with Gasteiger partial charge in [-0.05, 0) is 67.9 Å². The number of rotatable bonds is 6. The molecule has 0 amide bonds. The number of anilines is 1. The average Bonchev–Trinajstić information content (AvgIpc) is 3.23. The number of fused-ring (bicyclic) bond motifs is 1. The maximum absolute atomic E-state index is 9.46. The highest BCUT2D eigenvalue weighted by molar-refractivity contribution is 5.84. The van der Waals surface area contributed by atoms with E-state index in [1.807, 2.05) is 79.1 Å². The first-order valence-electron chi connectivity index (χ1n) is 11.0. The highest BCUT2D eigenvalue weighted by Gasteiger charge is 2.19. The monoisotopic (exact) mass is 452 g/mol. The molecule has 5 aromatic rings. The van der Waals surface area contributed by atoms with E-state index in [4.69, 9.17) is 20.4 Å². The van der Waals surface area contributed by atoms with Crippen molar-refractivity contribution in [3.63, 3.8) is 0 Å². The van der Waals surface area contributed by atoms with E-state index in [1.54, 1.807) is 12.4 Å². The minimum absolute atomic E-state index is 0.0298. The number of aliphatic hydroxyl groups excluding tert-OH is 1. The number of nitrogen functional groups attached to an aromatic ring is 1. The lowest BCUT2D eigenvalue weighted by atomic mass is 10.2. The fraction of sp³-hybridized carbons (Fsp3) is 0.154. The fourth-order valence-corrected chi connectivity index (χ4v) is 3.76. The first kappa shape index (κ1) is 21.5. The summed E-state index contributed by atoms with van der Waals surface area (Å²) < 4.78 is 7.65. The van der Waals surface area contributed by atoms with Crippen molar-refractivity contribution in [2.45, 2.75) is 26.6 Å². The SMILES string of the molecule is CC(C)Oc1ccc(-c2ccc3nc(-c4cccnc4N)n(-c4ccc(CO)cc4)c3n2)nc1. The van der Waals surface area contributed by atoms with Crippen LogP contribution in [-0.4, -0.2) is 35.7 Å². The summed E-state index contributed by atoms with van der Waals surface area (Å²) in [6.07, 6.45) is 3.43. The Morgan fingerprint density at radius 1 is 0.941 bits per heavy atom. The fourth-order valence-electron chi connectivity index (χ4n) is 3.76. The van der Waals surface area contributed by atoms with E-state index >= 15 is 0 Å². The van der Waals surface area contributed by atoms with Gasteiger partial charge in [0.1, 0.15) is 17.1 Å². The molecule has 34 heavy (non-hydrogen) atoms. The van der Waals surface area contributed by atoms with E-state index in [1.165, 1.54) is 0 Å². The highest BCUT2D eigenvalue weighted by Crippen LogP contribution is 2.31. The van der Waals surface area contributed by atoms with Gasteiger partial charge in [-0.2, -0.15) is 0 Å². The lowest BCUT2D eigenvalue weighted by molar-refractivity contribution is 0.241. The zero-order valence-electron chi connectivity index (χ0n) is 18.9. The van der Waals surface area contributed by atoms with Crippen LogP contribution >= 0.6 is 0 Å². The maximum Gasteiger partial charge on any atom is 0.165 e. The van der Waals surface area contributed by atoms with Gasteiger partial charge in [-0.25, -0.2) is 15.0 Å². The summed E-state index contributed by atoms with van der Waals surface area (Å²) in [6, 6.07) is 18.9. The molecule has 0 unspecified atom stereocenters. The van der Waals surface area contributed by atoms with Gasteiger partial charge in [-0.1, -0.05) is 12.1 Å². The lowest BCUT2D eigenvalue weighted by Crippen LogP contribution is -2.05. The standard InChI is InChI=1S/C26H24N6O2/c1-16(2)34-19-9-10-21(29-14-19)22-11-12-23-26(30-22)32(18-7-5-17(15-33)6-8-18)25(31-23)20-4-3-13-28-24(20)27/h3-14,16,33H,15H2,1-2H3,(H2,27,28). The molecule has 1 aromatic carbocycles. The summed E-state index contributed by atoms with van der Waals surface area (Å²) in [5.41, 5.74) is 11.4. The van der Waals surface area contributed by atoms with E-state index in [0.717, 1.165) is 16.9 Å². The molecular weight excluding hydrogens is 428 g/mol. The van der Waals surface area contributed by atoms with Crippen molar-refractivity contribution in [1.82, 2.24) is 24.5 Å². The molecule has 8 nitrogen and oxygen atoms in total. The topological polar surface area (TPSA) is 112 Å². The van der Waals surface area contributed by atoms with Crippen molar-refractivity contribution in [3.05, 3.63) is 78.6 Å². The van der Waals surface area contributed by atoms with Gasteiger partial charge in [0.25, 0.3) is 0 Å². The van der Waals surface area contributed by atoms with Crippen LogP contribution in [0, 0.1) is 0 Å². The molecule has 3 N–H and O–H groups in total. The molecule has 4 aromatic heterocycles. The van der Waals surface area contributed by atoms with Crippen molar-refractivity contribution < 1.29 is 9.84 Å². The molecule has 0 spiro atoms. The molecule has 0 saturated carbocycles. The Bertz CT molecular complexity index is 1440. The van der Waals surface area contributed by atoms with Crippen molar-refractivity contribution in [3.8, 4) is 34.2 Å². The molecule has 4 heterocycles. The summed E-state index contributed by atoms with van der Waals surface area (Å²) in [5.74, 6) is 1.73. The maximum atomic E-state index is 9.46. The number of aromatic nitrogens is 5. The first-order valence-corrected chi connectivity index (χ1v) is 11.0. The minimum atomic E-state index is -0.0298. The zero-order chi connectivity index (χ0) is 23.7. The second-order valence-electron chi connectivity index (χ2n) is 8.12. The Balaban J connectivity index is 1.68. The Hall–Kier alpha value is -4.30. The number of aliphatic hydroxyl groups is 1. The van der Waals surface area contributed by atoms with Gasteiger partial charge < -0.3 is 15.6 Å². The Labute approximate surface area is 196 Å². The van der Waals surface area contributed by atoms with Gasteiger partial charge in [-0.15, -0.1) is 0 Å². The van der Waals surface area contributed by atoms with Gasteiger partial charge in [0.15, 0.2) is 11.5 Å². The lowest BCUT2D eigenvalue weighted by Gasteiger charge is -2.11. The Kier molecular flexibility index (Phi) is 5.65. The predicted octanol–water partition coefficient (Wildman–Crippen LogP) is 4.41. The van der Waals surface area contributed by atoms with E-state index in [0.29, 0.717) is 39.8 Å². The van der Waals surface area contributed by atoms with Crippen LogP contribution in [0.3, 0.4) is 0 Å². The minimum Gasteiger partial charge on any atom is -0.489 e. The molecule has 0 saturated heterocycles. The van der Waals surface area contributed by atoms with Crippen LogP contribution < -0.4 is 10.5 Å². The second kappa shape index (κ2) is 8.92. The summed E-state index contributed by atoms with van der Waals surface area (Å²) in [4.78, 5) is 18.5. The van der Waals surface area contributed by atoms with Gasteiger partial charge >= 0.3 is 0 Å². The van der Waals surface area contributed by atoms with E-state index in [-0.39, 0.29) is 12.7 Å². The van der Waals surface area contributed by atoms with E-state index < -0.39 is 0 Å². The number of nitrogens with two attached hydrogens (primary N) is 1. The van der Waals surface area contributed by atoms with Crippen LogP contribution in [0.4, 0.5) is 5.82 Å². The van der Waals surface area contributed by atoms with Crippen molar-refractivity contribution in [2.24, 2.45) is 0 Å². The summed E-state index contributed by atoms with van der Waals surface area (Å²) in [7, 11) is 0. The van der Waals surface area contributed by atoms with Crippen LogP contribution in [0.15, 0.2) is 73.1 Å². The number of hydrogen-bond acceptors (Lipinski definition) is 7. The van der Waals surface area contributed by atoms with Crippen LogP contribution in [-0.2, 0) is 6.61 Å². The Morgan fingerprint density at radius 3 is 2.41 bits per heavy atom. The van der Waals surface area contributed by atoms with Gasteiger partial charge in [0, 0.05) is 11.9 Å². The third kappa shape index (κ3) is 4.06. The second-order valence-corrected chi connectivity index (χ2v) is 8.12. The van der Waals surface area contributed by atoms with Gasteiger partial charge in [0.05, 0.1) is 35.9 Å². The average molecular weight is 453 g/mol. The Morgan fingerprint density at radius 2 is 1.74 bits per heavy atom. The third-order valence-electron chi connectivity index (χ3n) is 5.33. The molecule has 0 fully saturated rings. The number of nitrogens with zero attached hydrogens (tertiary/aromatic N) is 5. The van der Waals surface area contributed by atoms with Crippen molar-refractivity contribution >= 4 is 17.0 Å². The molecule has 5 rings (SSSR count). The molecule has 0 bridgehead atoms. The van der Waals surface area contributed by atoms with E-state index in [9.17, 15) is 5.11 Å². The molecular formula is C26H24N6O2. The summed E-state index contributed by atoms with van der Waals surface area (Å²) in [5, 5.41) is 9.46. The number of benzene rings is 1. The van der Waals surface area contributed by atoms with Crippen LogP contribution in [0.2, 0.25) is 0 Å².